The van der Waals surface area contributed by atoms with Crippen molar-refractivity contribution in [1.29, 1.82) is 0 Å². The van der Waals surface area contributed by atoms with Crippen LogP contribution in [0.5, 0.6) is 0 Å². The van der Waals surface area contributed by atoms with E-state index in [1.54, 1.807) is 12.1 Å². The first kappa shape index (κ1) is 21.9. The molecule has 0 radical (unpaired) electrons. The maximum Gasteiger partial charge on any atom is 0.250 e. The molecule has 1 amide bonds. The van der Waals surface area contributed by atoms with Crippen molar-refractivity contribution in [2.24, 2.45) is 0 Å². The lowest BCUT2D eigenvalue weighted by Crippen LogP contribution is -2.35. The summed E-state index contributed by atoms with van der Waals surface area (Å²) >= 11 is 1.15. The van der Waals surface area contributed by atoms with Crippen LogP contribution in [0.15, 0.2) is 40.6 Å². The Kier molecular flexibility index (Phi) is 7.42. The van der Waals surface area contributed by atoms with Gasteiger partial charge in [0.15, 0.2) is 0 Å². The van der Waals surface area contributed by atoms with Gasteiger partial charge in [-0.1, -0.05) is 24.3 Å². The van der Waals surface area contributed by atoms with E-state index in [-0.39, 0.29) is 22.8 Å². The Balaban J connectivity index is 1.62. The molecule has 1 fully saturated rings. The number of nitrogens with zero attached hydrogens (tertiary/aromatic N) is 1. The molecule has 9 heteroatoms. The van der Waals surface area contributed by atoms with Crippen molar-refractivity contribution in [3.63, 3.8) is 0 Å². The lowest BCUT2D eigenvalue weighted by molar-refractivity contribution is -0.119. The molecule has 0 saturated carbocycles. The summed E-state index contributed by atoms with van der Waals surface area (Å²) in [6, 6.07) is 11.1. The molecule has 0 bridgehead atoms. The molecule has 1 aromatic carbocycles. The van der Waals surface area contributed by atoms with E-state index >= 15 is 0 Å². The first-order valence-corrected chi connectivity index (χ1v) is 11.9. The Bertz CT molecular complexity index is 935. The van der Waals surface area contributed by atoms with Crippen LogP contribution < -0.4 is 10.0 Å². The third-order valence-electron chi connectivity index (χ3n) is 4.94. The van der Waals surface area contributed by atoms with E-state index < -0.39 is 10.0 Å². The van der Waals surface area contributed by atoms with Crippen LogP contribution in [-0.2, 0) is 34.5 Å². The van der Waals surface area contributed by atoms with Gasteiger partial charge in [-0.15, -0.1) is 11.3 Å². The summed E-state index contributed by atoms with van der Waals surface area (Å²) in [7, 11) is -3.62. The van der Waals surface area contributed by atoms with Gasteiger partial charge in [-0.2, -0.15) is 0 Å². The number of sulfonamides is 1. The number of hydrogen-bond donors (Lipinski definition) is 3. The average molecular weight is 438 g/mol. The smallest absolute Gasteiger partial charge is 0.250 e. The number of nitrogens with one attached hydrogen (secondary N) is 2. The highest BCUT2D eigenvalue weighted by atomic mass is 32.2. The Labute approximate surface area is 175 Å². The minimum absolute atomic E-state index is 0.152. The van der Waals surface area contributed by atoms with Crippen LogP contribution in [0.4, 0.5) is 0 Å². The van der Waals surface area contributed by atoms with Gasteiger partial charge in [0, 0.05) is 38.0 Å². The van der Waals surface area contributed by atoms with E-state index in [2.05, 4.69) is 14.9 Å². The third kappa shape index (κ3) is 6.35. The van der Waals surface area contributed by atoms with Crippen molar-refractivity contribution in [2.45, 2.75) is 49.7 Å². The van der Waals surface area contributed by atoms with Gasteiger partial charge >= 0.3 is 0 Å². The van der Waals surface area contributed by atoms with E-state index in [1.165, 1.54) is 6.92 Å². The number of carbonyl (C=O) groups is 1. The zero-order valence-corrected chi connectivity index (χ0v) is 18.1. The van der Waals surface area contributed by atoms with Gasteiger partial charge in [0.2, 0.25) is 15.9 Å². The SMILES string of the molecule is CC(=O)NCc1ccc(S(=O)(=O)NCc2ccccc2CN2CCC(O)CC2)s1. The second-order valence-corrected chi connectivity index (χ2v) is 10.4. The molecule has 7 nitrogen and oxygen atoms in total. The van der Waals surface area contributed by atoms with E-state index in [0.717, 1.165) is 59.8 Å². The summed E-state index contributed by atoms with van der Waals surface area (Å²) in [5.74, 6) is -0.152. The molecule has 1 aromatic heterocycles. The molecule has 3 N–H and O–H groups in total. The predicted octanol–water partition coefficient (Wildman–Crippen LogP) is 1.82. The third-order valence-corrected chi connectivity index (χ3v) is 7.91. The van der Waals surface area contributed by atoms with Crippen molar-refractivity contribution in [2.75, 3.05) is 13.1 Å². The van der Waals surface area contributed by atoms with Crippen LogP contribution in [0.2, 0.25) is 0 Å². The molecule has 0 aliphatic carbocycles. The number of thiophene rings is 1. The molecular formula is C20H27N3O4S2. The van der Waals surface area contributed by atoms with Crippen LogP contribution >= 0.6 is 11.3 Å². The molecule has 2 aromatic rings. The fourth-order valence-corrected chi connectivity index (χ4v) is 5.60. The Hall–Kier alpha value is -1.78. The molecule has 29 heavy (non-hydrogen) atoms. The number of aliphatic hydroxyl groups is 1. The van der Waals surface area contributed by atoms with Gasteiger partial charge in [0.05, 0.1) is 12.6 Å². The predicted molar refractivity (Wildman–Crippen MR) is 113 cm³/mol. The van der Waals surface area contributed by atoms with Crippen LogP contribution in [0.3, 0.4) is 0 Å². The summed E-state index contributed by atoms with van der Waals surface area (Å²) in [5, 5.41) is 12.3. The second-order valence-electron chi connectivity index (χ2n) is 7.23. The van der Waals surface area contributed by atoms with E-state index in [1.807, 2.05) is 24.3 Å². The monoisotopic (exact) mass is 437 g/mol. The van der Waals surface area contributed by atoms with Crippen LogP contribution in [0.1, 0.15) is 35.8 Å². The number of benzene rings is 1. The second kappa shape index (κ2) is 9.82. The number of aliphatic hydroxyl groups excluding tert-OH is 1. The van der Waals surface area contributed by atoms with Gasteiger partial charge in [-0.3, -0.25) is 9.69 Å². The zero-order chi connectivity index (χ0) is 20.9. The maximum absolute atomic E-state index is 12.7. The van der Waals surface area contributed by atoms with Gasteiger partial charge in [0.1, 0.15) is 4.21 Å². The van der Waals surface area contributed by atoms with E-state index in [0.29, 0.717) is 6.54 Å². The molecule has 0 spiro atoms. The highest BCUT2D eigenvalue weighted by molar-refractivity contribution is 7.91. The minimum Gasteiger partial charge on any atom is -0.393 e. The van der Waals surface area contributed by atoms with Crippen molar-refractivity contribution < 1.29 is 18.3 Å². The van der Waals surface area contributed by atoms with Crippen LogP contribution in [0.25, 0.3) is 0 Å². The van der Waals surface area contributed by atoms with Gasteiger partial charge in [-0.25, -0.2) is 13.1 Å². The number of likely N-dealkylation sites (tertiary alicyclic amines) is 1. The van der Waals surface area contributed by atoms with Crippen molar-refractivity contribution in [1.82, 2.24) is 14.9 Å². The molecule has 158 valence electrons. The number of piperidine rings is 1. The maximum atomic E-state index is 12.7. The van der Waals surface area contributed by atoms with E-state index in [9.17, 15) is 18.3 Å². The highest BCUT2D eigenvalue weighted by Crippen LogP contribution is 2.22. The summed E-state index contributed by atoms with van der Waals surface area (Å²) in [4.78, 5) is 14.1. The molecule has 1 aliphatic rings. The van der Waals surface area contributed by atoms with Gasteiger partial charge < -0.3 is 10.4 Å². The normalized spacial score (nSPS) is 16.1. The lowest BCUT2D eigenvalue weighted by Gasteiger charge is -2.30. The van der Waals surface area contributed by atoms with Crippen molar-refractivity contribution in [3.8, 4) is 0 Å². The van der Waals surface area contributed by atoms with Gasteiger partial charge in [-0.05, 0) is 36.1 Å². The standard InChI is InChI=1S/C20H27N3O4S2/c1-15(24)21-13-19-6-7-20(28-19)29(26,27)22-12-16-4-2-3-5-17(16)14-23-10-8-18(25)9-11-23/h2-7,18,22,25H,8-14H2,1H3,(H,21,24). The molecule has 2 heterocycles. The average Bonchev–Trinajstić information content (AvgIpc) is 3.18. The number of hydrogen-bond acceptors (Lipinski definition) is 6. The first-order valence-electron chi connectivity index (χ1n) is 9.63. The van der Waals surface area contributed by atoms with Crippen molar-refractivity contribution in [3.05, 3.63) is 52.4 Å². The molecule has 0 unspecified atom stereocenters. The molecular weight excluding hydrogens is 410 g/mol. The molecule has 1 saturated heterocycles. The summed E-state index contributed by atoms with van der Waals surface area (Å²) in [6.45, 7) is 4.39. The topological polar surface area (TPSA) is 98.7 Å². The molecule has 3 rings (SSSR count). The van der Waals surface area contributed by atoms with Crippen LogP contribution in [0, 0.1) is 0 Å². The van der Waals surface area contributed by atoms with Crippen LogP contribution in [-0.4, -0.2) is 43.5 Å². The number of rotatable bonds is 8. The van der Waals surface area contributed by atoms with Crippen molar-refractivity contribution >= 4 is 27.3 Å². The quantitative estimate of drug-likeness (QED) is 0.585. The molecule has 0 atom stereocenters. The van der Waals surface area contributed by atoms with E-state index in [4.69, 9.17) is 0 Å². The fraction of sp³-hybridized carbons (Fsp3) is 0.450. The fourth-order valence-electron chi connectivity index (χ4n) is 3.26. The Morgan fingerprint density at radius 2 is 1.83 bits per heavy atom. The Morgan fingerprint density at radius 1 is 1.14 bits per heavy atom. The first-order chi connectivity index (χ1) is 13.8. The largest absolute Gasteiger partial charge is 0.393 e. The number of amides is 1. The highest BCUT2D eigenvalue weighted by Gasteiger charge is 2.20. The van der Waals surface area contributed by atoms with Gasteiger partial charge in [0.25, 0.3) is 0 Å². The summed E-state index contributed by atoms with van der Waals surface area (Å²) in [5.41, 5.74) is 2.03. The molecule has 1 aliphatic heterocycles. The Morgan fingerprint density at radius 3 is 2.52 bits per heavy atom. The lowest BCUT2D eigenvalue weighted by atomic mass is 10.0. The minimum atomic E-state index is -3.62. The zero-order valence-electron chi connectivity index (χ0n) is 16.4. The number of carbonyl (C=O) groups excluding carboxylic acids is 1. The summed E-state index contributed by atoms with van der Waals surface area (Å²) < 4.78 is 28.3. The summed E-state index contributed by atoms with van der Waals surface area (Å²) in [6.07, 6.45) is 1.33.